The molecule has 0 saturated heterocycles. The Morgan fingerprint density at radius 2 is 1.61 bits per heavy atom. The minimum atomic E-state index is -0.939. The molecule has 0 atom stereocenters. The fourth-order valence-electron chi connectivity index (χ4n) is 3.15. The first-order valence-electron chi connectivity index (χ1n) is 8.66. The highest BCUT2D eigenvalue weighted by molar-refractivity contribution is 6.10. The number of esters is 1. The Bertz CT molecular complexity index is 1040. The molecule has 0 saturated carbocycles. The maximum absolute atomic E-state index is 12.8. The maximum atomic E-state index is 12.8. The highest BCUT2D eigenvalue weighted by Crippen LogP contribution is 2.47. The molecule has 0 aromatic heterocycles. The number of rotatable bonds is 5. The standard InChI is InChI=1S/C22H18N2O4/c1-22(11-25,12-26)13-28-21(27)18-8-4-7-17-19(14(9-23)10-24)15-5-2-3-6-16(15)20(17)18/h2-8,25-26H,11-13H2,1H3. The van der Waals surface area contributed by atoms with Gasteiger partial charge in [-0.05, 0) is 22.8 Å². The zero-order valence-corrected chi connectivity index (χ0v) is 15.3. The van der Waals surface area contributed by atoms with Crippen molar-refractivity contribution >= 4 is 11.5 Å². The van der Waals surface area contributed by atoms with Crippen LogP contribution >= 0.6 is 0 Å². The third-order valence-corrected chi connectivity index (χ3v) is 4.81. The van der Waals surface area contributed by atoms with E-state index in [1.54, 1.807) is 25.1 Å². The molecule has 2 aromatic carbocycles. The van der Waals surface area contributed by atoms with E-state index in [1.807, 2.05) is 36.4 Å². The Kier molecular flexibility index (Phi) is 5.28. The minimum Gasteiger partial charge on any atom is -0.461 e. The van der Waals surface area contributed by atoms with Gasteiger partial charge in [0, 0.05) is 16.6 Å². The lowest BCUT2D eigenvalue weighted by molar-refractivity contribution is -0.00622. The van der Waals surface area contributed by atoms with E-state index in [9.17, 15) is 25.5 Å². The van der Waals surface area contributed by atoms with Crippen LogP contribution in [-0.2, 0) is 4.74 Å². The number of hydrogen-bond donors (Lipinski definition) is 2. The number of nitriles is 2. The van der Waals surface area contributed by atoms with E-state index in [0.29, 0.717) is 27.8 Å². The topological polar surface area (TPSA) is 114 Å². The number of fused-ring (bicyclic) bond motifs is 3. The molecule has 0 bridgehead atoms. The van der Waals surface area contributed by atoms with E-state index in [2.05, 4.69) is 0 Å². The zero-order valence-electron chi connectivity index (χ0n) is 15.3. The van der Waals surface area contributed by atoms with Crippen LogP contribution in [-0.4, -0.2) is 36.0 Å². The van der Waals surface area contributed by atoms with Gasteiger partial charge in [0.25, 0.3) is 0 Å². The largest absolute Gasteiger partial charge is 0.461 e. The summed E-state index contributed by atoms with van der Waals surface area (Å²) in [6.45, 7) is 0.812. The molecule has 2 N–H and O–H groups in total. The molecule has 6 heteroatoms. The third kappa shape index (κ3) is 3.16. The smallest absolute Gasteiger partial charge is 0.338 e. The average molecular weight is 374 g/mol. The summed E-state index contributed by atoms with van der Waals surface area (Å²) in [6, 6.07) is 16.2. The molecule has 0 fully saturated rings. The Hall–Kier alpha value is -3.45. The molecular formula is C22H18N2O4. The Labute approximate surface area is 162 Å². The summed E-state index contributed by atoms with van der Waals surface area (Å²) in [7, 11) is 0. The van der Waals surface area contributed by atoms with Crippen LogP contribution in [0.2, 0.25) is 0 Å². The van der Waals surface area contributed by atoms with Crippen molar-refractivity contribution in [3.8, 4) is 23.3 Å². The van der Waals surface area contributed by atoms with Crippen molar-refractivity contribution in [2.24, 2.45) is 5.41 Å². The predicted molar refractivity (Wildman–Crippen MR) is 102 cm³/mol. The minimum absolute atomic E-state index is 0.0233. The second kappa shape index (κ2) is 7.66. The van der Waals surface area contributed by atoms with Gasteiger partial charge in [0.1, 0.15) is 24.3 Å². The van der Waals surface area contributed by atoms with Crippen molar-refractivity contribution in [3.63, 3.8) is 0 Å². The van der Waals surface area contributed by atoms with Crippen LogP contribution < -0.4 is 0 Å². The number of allylic oxidation sites excluding steroid dienone is 1. The second-order valence-corrected chi connectivity index (χ2v) is 6.95. The van der Waals surface area contributed by atoms with Gasteiger partial charge in [0.05, 0.1) is 18.8 Å². The van der Waals surface area contributed by atoms with Crippen LogP contribution in [0.3, 0.4) is 0 Å². The molecule has 2 aromatic rings. The van der Waals surface area contributed by atoms with Crippen molar-refractivity contribution < 1.29 is 19.7 Å². The highest BCUT2D eigenvalue weighted by atomic mass is 16.5. The molecule has 1 aliphatic carbocycles. The van der Waals surface area contributed by atoms with Crippen molar-refractivity contribution in [2.75, 3.05) is 19.8 Å². The van der Waals surface area contributed by atoms with Crippen molar-refractivity contribution in [1.82, 2.24) is 0 Å². The Morgan fingerprint density at radius 1 is 1.00 bits per heavy atom. The lowest BCUT2D eigenvalue weighted by Crippen LogP contribution is -2.32. The summed E-state index contributed by atoms with van der Waals surface area (Å²) in [5, 5.41) is 37.5. The molecule has 0 amide bonds. The molecule has 3 rings (SSSR count). The summed E-state index contributed by atoms with van der Waals surface area (Å²) in [5.74, 6) is -0.600. The van der Waals surface area contributed by atoms with Gasteiger partial charge in [-0.25, -0.2) is 4.79 Å². The summed E-state index contributed by atoms with van der Waals surface area (Å²) >= 11 is 0. The molecule has 0 heterocycles. The fraction of sp³-hybridized carbons (Fsp3) is 0.227. The number of carbonyl (C=O) groups excluding carboxylic acids is 1. The number of nitrogens with zero attached hydrogens (tertiary/aromatic N) is 2. The lowest BCUT2D eigenvalue weighted by atomic mass is 9.94. The SMILES string of the molecule is CC(CO)(CO)COC(=O)c1cccc2c1-c1ccccc1C2=C(C#N)C#N. The van der Waals surface area contributed by atoms with Crippen molar-refractivity contribution in [1.29, 1.82) is 10.5 Å². The molecular weight excluding hydrogens is 356 g/mol. The molecule has 0 aliphatic heterocycles. The van der Waals surface area contributed by atoms with Crippen LogP contribution in [0.15, 0.2) is 48.0 Å². The van der Waals surface area contributed by atoms with Gasteiger partial charge in [-0.15, -0.1) is 0 Å². The third-order valence-electron chi connectivity index (χ3n) is 4.81. The zero-order chi connectivity index (χ0) is 20.3. The molecule has 0 spiro atoms. The molecule has 140 valence electrons. The van der Waals surface area contributed by atoms with E-state index in [4.69, 9.17) is 4.74 Å². The van der Waals surface area contributed by atoms with Gasteiger partial charge < -0.3 is 14.9 Å². The summed E-state index contributed by atoms with van der Waals surface area (Å²) in [4.78, 5) is 12.8. The Morgan fingerprint density at radius 3 is 2.21 bits per heavy atom. The quantitative estimate of drug-likeness (QED) is 0.524. The summed E-state index contributed by atoms with van der Waals surface area (Å²) in [5.41, 5.74) is 2.53. The van der Waals surface area contributed by atoms with Crippen LogP contribution in [0.1, 0.15) is 28.4 Å². The van der Waals surface area contributed by atoms with Gasteiger partial charge in [-0.3, -0.25) is 0 Å². The molecule has 28 heavy (non-hydrogen) atoms. The number of hydrogen-bond acceptors (Lipinski definition) is 6. The van der Waals surface area contributed by atoms with E-state index < -0.39 is 11.4 Å². The number of carbonyl (C=O) groups is 1. The van der Waals surface area contributed by atoms with E-state index in [1.165, 1.54) is 0 Å². The molecule has 1 aliphatic rings. The predicted octanol–water partition coefficient (Wildman–Crippen LogP) is 2.66. The van der Waals surface area contributed by atoms with Gasteiger partial charge >= 0.3 is 5.97 Å². The monoisotopic (exact) mass is 374 g/mol. The number of aliphatic hydroxyl groups is 2. The molecule has 0 radical (unpaired) electrons. The summed E-state index contributed by atoms with van der Waals surface area (Å²) in [6.07, 6.45) is 0. The first-order valence-corrected chi connectivity index (χ1v) is 8.66. The van der Waals surface area contributed by atoms with Crippen molar-refractivity contribution in [3.05, 3.63) is 64.7 Å². The summed E-state index contributed by atoms with van der Waals surface area (Å²) < 4.78 is 5.36. The number of benzene rings is 2. The first kappa shape index (κ1) is 19.3. The first-order chi connectivity index (χ1) is 13.5. The van der Waals surface area contributed by atoms with Gasteiger partial charge in [0.2, 0.25) is 0 Å². The number of aliphatic hydroxyl groups excluding tert-OH is 2. The second-order valence-electron chi connectivity index (χ2n) is 6.95. The van der Waals surface area contributed by atoms with E-state index >= 15 is 0 Å². The van der Waals surface area contributed by atoms with Gasteiger partial charge in [-0.1, -0.05) is 43.3 Å². The average Bonchev–Trinajstić information content (AvgIpc) is 3.07. The highest BCUT2D eigenvalue weighted by Gasteiger charge is 2.31. The van der Waals surface area contributed by atoms with Crippen LogP contribution in [0.25, 0.3) is 16.7 Å². The van der Waals surface area contributed by atoms with Crippen LogP contribution in [0.4, 0.5) is 0 Å². The van der Waals surface area contributed by atoms with Crippen LogP contribution in [0.5, 0.6) is 0 Å². The Balaban J connectivity index is 2.12. The fourth-order valence-corrected chi connectivity index (χ4v) is 3.15. The molecule has 6 nitrogen and oxygen atoms in total. The van der Waals surface area contributed by atoms with Crippen molar-refractivity contribution in [2.45, 2.75) is 6.92 Å². The number of ether oxygens (including phenoxy) is 1. The van der Waals surface area contributed by atoms with E-state index in [0.717, 1.165) is 5.56 Å². The van der Waals surface area contributed by atoms with Crippen LogP contribution in [0, 0.1) is 28.1 Å². The van der Waals surface area contributed by atoms with E-state index in [-0.39, 0.29) is 25.4 Å². The molecule has 0 unspecified atom stereocenters. The normalized spacial score (nSPS) is 11.8. The lowest BCUT2D eigenvalue weighted by Gasteiger charge is -2.24. The maximum Gasteiger partial charge on any atom is 0.338 e. The van der Waals surface area contributed by atoms with Gasteiger partial charge in [-0.2, -0.15) is 10.5 Å². The van der Waals surface area contributed by atoms with Gasteiger partial charge in [0.15, 0.2) is 0 Å².